The predicted molar refractivity (Wildman–Crippen MR) is 125 cm³/mol. The number of carbonyl (C=O) groups excluding carboxylic acids is 1. The minimum absolute atomic E-state index is 0.135. The fourth-order valence-electron chi connectivity index (χ4n) is 4.60. The molecule has 1 aromatic heterocycles. The maximum atomic E-state index is 13.1. The van der Waals surface area contributed by atoms with Gasteiger partial charge in [-0.25, -0.2) is 4.98 Å². The summed E-state index contributed by atoms with van der Waals surface area (Å²) in [6, 6.07) is 8.53. The third kappa shape index (κ3) is 4.96. The third-order valence-electron chi connectivity index (χ3n) is 6.00. The summed E-state index contributed by atoms with van der Waals surface area (Å²) in [5.41, 5.74) is 2.25. The van der Waals surface area contributed by atoms with E-state index in [1.54, 1.807) is 0 Å². The maximum Gasteiger partial charge on any atom is 0.223 e. The highest BCUT2D eigenvalue weighted by atomic mass is 33.1. The van der Waals surface area contributed by atoms with E-state index in [-0.39, 0.29) is 6.04 Å². The van der Waals surface area contributed by atoms with Crippen LogP contribution in [0.15, 0.2) is 24.3 Å². The average Bonchev–Trinajstić information content (AvgIpc) is 3.45. The molecule has 2 fully saturated rings. The Kier molecular flexibility index (Phi) is 7.12. The van der Waals surface area contributed by atoms with Crippen LogP contribution in [0.25, 0.3) is 11.0 Å². The van der Waals surface area contributed by atoms with Crippen molar-refractivity contribution in [3.63, 3.8) is 0 Å². The Morgan fingerprint density at radius 2 is 2.10 bits per heavy atom. The van der Waals surface area contributed by atoms with Crippen LogP contribution in [-0.2, 0) is 11.3 Å². The molecular weight excluding hydrogens is 398 g/mol. The van der Waals surface area contributed by atoms with Crippen LogP contribution < -0.4 is 0 Å². The van der Waals surface area contributed by atoms with Gasteiger partial charge in [-0.3, -0.25) is 4.79 Å². The lowest BCUT2D eigenvalue weighted by atomic mass is 10.1. The molecule has 0 bridgehead atoms. The molecule has 2 atom stereocenters. The number of likely N-dealkylation sites (tertiary alicyclic amines) is 1. The number of imidazole rings is 1. The molecule has 0 spiro atoms. The van der Waals surface area contributed by atoms with E-state index >= 15 is 0 Å². The first-order chi connectivity index (χ1) is 14.1. The number of hydrogen-bond donors (Lipinski definition) is 0. The van der Waals surface area contributed by atoms with Crippen molar-refractivity contribution in [2.45, 2.75) is 76.6 Å². The first-order valence-electron chi connectivity index (χ1n) is 11.2. The minimum Gasteiger partial charge on any atom is -0.333 e. The van der Waals surface area contributed by atoms with Gasteiger partial charge < -0.3 is 9.47 Å². The molecule has 2 aromatic rings. The molecule has 158 valence electrons. The Labute approximate surface area is 182 Å². The summed E-state index contributed by atoms with van der Waals surface area (Å²) in [7, 11) is 4.05. The summed E-state index contributed by atoms with van der Waals surface area (Å²) in [6.45, 7) is 6.32. The lowest BCUT2D eigenvalue weighted by Gasteiger charge is -2.26. The van der Waals surface area contributed by atoms with E-state index in [1.165, 1.54) is 30.5 Å². The summed E-state index contributed by atoms with van der Waals surface area (Å²) >= 11 is 0. The molecule has 29 heavy (non-hydrogen) atoms. The van der Waals surface area contributed by atoms with Crippen molar-refractivity contribution < 1.29 is 4.79 Å². The van der Waals surface area contributed by atoms with Gasteiger partial charge in [-0.15, -0.1) is 0 Å². The van der Waals surface area contributed by atoms with E-state index < -0.39 is 0 Å². The van der Waals surface area contributed by atoms with Crippen molar-refractivity contribution in [3.8, 4) is 0 Å². The second-order valence-corrected chi connectivity index (χ2v) is 11.6. The molecular formula is C23H33N3OS2. The van der Waals surface area contributed by atoms with Gasteiger partial charge >= 0.3 is 0 Å². The van der Waals surface area contributed by atoms with Crippen molar-refractivity contribution in [2.75, 3.05) is 12.3 Å². The highest BCUT2D eigenvalue weighted by Crippen LogP contribution is 2.40. The van der Waals surface area contributed by atoms with Crippen LogP contribution in [0.5, 0.6) is 0 Å². The zero-order valence-corrected chi connectivity index (χ0v) is 19.3. The van der Waals surface area contributed by atoms with Gasteiger partial charge in [0, 0.05) is 30.5 Å². The van der Waals surface area contributed by atoms with Crippen molar-refractivity contribution in [1.29, 1.82) is 0 Å². The molecule has 2 saturated heterocycles. The zero-order chi connectivity index (χ0) is 20.2. The number of benzene rings is 1. The lowest BCUT2D eigenvalue weighted by Crippen LogP contribution is -2.32. The van der Waals surface area contributed by atoms with Gasteiger partial charge in [0.15, 0.2) is 0 Å². The topological polar surface area (TPSA) is 38.1 Å². The van der Waals surface area contributed by atoms with Gasteiger partial charge in [0.1, 0.15) is 5.82 Å². The smallest absolute Gasteiger partial charge is 0.223 e. The summed E-state index contributed by atoms with van der Waals surface area (Å²) < 4.78 is 2.37. The Balaban J connectivity index is 1.44. The van der Waals surface area contributed by atoms with Crippen LogP contribution in [0, 0.1) is 5.92 Å². The molecule has 3 heterocycles. The molecule has 6 heteroatoms. The van der Waals surface area contributed by atoms with Gasteiger partial charge in [-0.05, 0) is 50.2 Å². The van der Waals surface area contributed by atoms with Crippen LogP contribution in [0.2, 0.25) is 0 Å². The highest BCUT2D eigenvalue weighted by molar-refractivity contribution is 8.77. The van der Waals surface area contributed by atoms with E-state index in [0.29, 0.717) is 18.2 Å². The summed E-state index contributed by atoms with van der Waals surface area (Å²) in [4.78, 5) is 20.2. The SMILES string of the molecule is CC(C)Cn1c([C@@H]2CCCN2C(=O)CCCC[C@@H]2CCSS2)nc2ccccc21. The number of carbonyl (C=O) groups is 1. The molecule has 0 N–H and O–H groups in total. The quantitative estimate of drug-likeness (QED) is 0.375. The number of hydrogen-bond acceptors (Lipinski definition) is 4. The number of fused-ring (bicyclic) bond motifs is 1. The molecule has 1 aromatic carbocycles. The average molecular weight is 432 g/mol. The largest absolute Gasteiger partial charge is 0.333 e. The van der Waals surface area contributed by atoms with Gasteiger partial charge in [-0.1, -0.05) is 54.0 Å². The van der Waals surface area contributed by atoms with Crippen LogP contribution in [0.4, 0.5) is 0 Å². The van der Waals surface area contributed by atoms with E-state index in [0.717, 1.165) is 48.9 Å². The van der Waals surface area contributed by atoms with E-state index in [2.05, 4.69) is 47.6 Å². The van der Waals surface area contributed by atoms with E-state index in [4.69, 9.17) is 4.98 Å². The molecule has 4 nitrogen and oxygen atoms in total. The standard InChI is InChI=1S/C23H33N3OS2/c1-17(2)16-26-20-10-5-4-9-19(20)24-23(26)21-11-7-14-25(21)22(27)12-6-3-8-18-13-15-28-29-18/h4-5,9-10,17-18,21H,3,6-8,11-16H2,1-2H3/t18-,21+/m1/s1. The number of amides is 1. The van der Waals surface area contributed by atoms with Crippen molar-refractivity contribution >= 4 is 38.5 Å². The van der Waals surface area contributed by atoms with Gasteiger partial charge in [0.25, 0.3) is 0 Å². The monoisotopic (exact) mass is 431 g/mol. The Hall–Kier alpha value is -1.14. The van der Waals surface area contributed by atoms with Crippen LogP contribution >= 0.6 is 21.6 Å². The first-order valence-corrected chi connectivity index (χ1v) is 13.5. The maximum absolute atomic E-state index is 13.1. The van der Waals surface area contributed by atoms with E-state index in [9.17, 15) is 4.79 Å². The van der Waals surface area contributed by atoms with Crippen molar-refractivity contribution in [1.82, 2.24) is 14.5 Å². The van der Waals surface area contributed by atoms with Gasteiger partial charge in [0.05, 0.1) is 17.1 Å². The van der Waals surface area contributed by atoms with Crippen LogP contribution in [-0.4, -0.2) is 37.9 Å². The van der Waals surface area contributed by atoms with Crippen LogP contribution in [0.3, 0.4) is 0 Å². The molecule has 0 saturated carbocycles. The number of aromatic nitrogens is 2. The number of nitrogens with zero attached hydrogens (tertiary/aromatic N) is 3. The Bertz CT molecular complexity index is 829. The minimum atomic E-state index is 0.135. The third-order valence-corrected chi connectivity index (χ3v) is 9.00. The molecule has 4 rings (SSSR count). The second-order valence-electron chi connectivity index (χ2n) is 8.78. The Morgan fingerprint density at radius 1 is 1.24 bits per heavy atom. The van der Waals surface area contributed by atoms with Crippen molar-refractivity contribution in [3.05, 3.63) is 30.1 Å². The highest BCUT2D eigenvalue weighted by Gasteiger charge is 2.33. The second kappa shape index (κ2) is 9.78. The Morgan fingerprint density at radius 3 is 2.90 bits per heavy atom. The number of rotatable bonds is 8. The molecule has 0 unspecified atom stereocenters. The normalized spacial score (nSPS) is 22.2. The van der Waals surface area contributed by atoms with Gasteiger partial charge in [-0.2, -0.15) is 0 Å². The summed E-state index contributed by atoms with van der Waals surface area (Å²) in [5.74, 6) is 3.25. The van der Waals surface area contributed by atoms with Crippen LogP contribution in [0.1, 0.15) is 70.7 Å². The van der Waals surface area contributed by atoms with Gasteiger partial charge in [0.2, 0.25) is 5.91 Å². The fraction of sp³-hybridized carbons (Fsp3) is 0.652. The molecule has 2 aliphatic heterocycles. The first kappa shape index (κ1) is 21.1. The molecule has 2 aliphatic rings. The summed E-state index contributed by atoms with van der Waals surface area (Å²) in [6.07, 6.45) is 7.59. The number of unbranched alkanes of at least 4 members (excludes halogenated alkanes) is 1. The summed E-state index contributed by atoms with van der Waals surface area (Å²) in [5, 5.41) is 0.811. The van der Waals surface area contributed by atoms with E-state index in [1.807, 2.05) is 21.6 Å². The number of para-hydroxylation sites is 2. The molecule has 0 aliphatic carbocycles. The zero-order valence-electron chi connectivity index (χ0n) is 17.7. The molecule has 0 radical (unpaired) electrons. The molecule has 1 amide bonds. The lowest BCUT2D eigenvalue weighted by molar-refractivity contribution is -0.132. The predicted octanol–water partition coefficient (Wildman–Crippen LogP) is 6.07. The van der Waals surface area contributed by atoms with Crippen molar-refractivity contribution in [2.24, 2.45) is 5.92 Å². The fourth-order valence-corrected chi connectivity index (χ4v) is 7.62.